The Labute approximate surface area is 250 Å². The monoisotopic (exact) mass is 551 g/mol. The minimum atomic E-state index is 0.385. The first-order chi connectivity index (χ1) is 19.3. The number of anilines is 2. The molecule has 0 aromatic heterocycles. The van der Waals surface area contributed by atoms with Gasteiger partial charge in [0.25, 0.3) is 0 Å². The van der Waals surface area contributed by atoms with Crippen molar-refractivity contribution in [1.82, 2.24) is 5.43 Å². The van der Waals surface area contributed by atoms with Crippen molar-refractivity contribution in [2.45, 2.75) is 119 Å². The molecule has 0 saturated heterocycles. The number of hydrazine groups is 2. The number of hydrogen-bond acceptors (Lipinski definition) is 3. The lowest BCUT2D eigenvalue weighted by Gasteiger charge is -2.37. The van der Waals surface area contributed by atoms with Gasteiger partial charge in [-0.25, -0.2) is 5.01 Å². The van der Waals surface area contributed by atoms with Crippen LogP contribution in [0.15, 0.2) is 60.8 Å². The average Bonchev–Trinajstić information content (AvgIpc) is 3.35. The smallest absolute Gasteiger partial charge is 0.0886 e. The van der Waals surface area contributed by atoms with E-state index in [4.69, 9.17) is 0 Å². The predicted octanol–water partition coefficient (Wildman–Crippen LogP) is 11.2. The number of benzene rings is 3. The second kappa shape index (κ2) is 12.3. The molecule has 3 aromatic rings. The van der Waals surface area contributed by atoms with Crippen molar-refractivity contribution >= 4 is 17.1 Å². The molecule has 0 fully saturated rings. The molecular formula is C38H53N3. The summed E-state index contributed by atoms with van der Waals surface area (Å²) in [5, 5.41) is 4.81. The Morgan fingerprint density at radius 1 is 0.439 bits per heavy atom. The lowest BCUT2D eigenvalue weighted by atomic mass is 9.87. The molecule has 0 aliphatic carbocycles. The Kier molecular flexibility index (Phi) is 9.26. The molecule has 0 spiro atoms. The van der Waals surface area contributed by atoms with Crippen molar-refractivity contribution in [3.8, 4) is 0 Å². The molecule has 41 heavy (non-hydrogen) atoms. The molecule has 0 radical (unpaired) electrons. The fraction of sp³-hybridized carbons (Fsp3) is 0.474. The summed E-state index contributed by atoms with van der Waals surface area (Å²) in [4.78, 5) is 0. The maximum atomic E-state index is 4.01. The molecule has 1 heterocycles. The van der Waals surface area contributed by atoms with Crippen LogP contribution in [0.5, 0.6) is 0 Å². The van der Waals surface area contributed by atoms with Gasteiger partial charge in [0, 0.05) is 5.56 Å². The summed E-state index contributed by atoms with van der Waals surface area (Å²) in [6.45, 7) is 27.7. The van der Waals surface area contributed by atoms with Gasteiger partial charge in [0.05, 0.1) is 23.3 Å². The van der Waals surface area contributed by atoms with Gasteiger partial charge in [0.2, 0.25) is 0 Å². The number of para-hydroxylation sites is 2. The van der Waals surface area contributed by atoms with Gasteiger partial charge >= 0.3 is 0 Å². The number of nitrogens with zero attached hydrogens (tertiary/aromatic N) is 2. The molecule has 1 N–H and O–H groups in total. The Morgan fingerprint density at radius 3 is 1.10 bits per heavy atom. The van der Waals surface area contributed by atoms with E-state index in [1.54, 1.807) is 0 Å². The maximum absolute atomic E-state index is 4.01. The molecule has 0 atom stereocenters. The minimum Gasteiger partial charge on any atom is -0.277 e. The van der Waals surface area contributed by atoms with Crippen LogP contribution < -0.4 is 15.6 Å². The van der Waals surface area contributed by atoms with Crippen LogP contribution >= 0.6 is 0 Å². The Balaban J connectivity index is 2.10. The minimum absolute atomic E-state index is 0.385. The topological polar surface area (TPSA) is 18.5 Å². The van der Waals surface area contributed by atoms with E-state index in [0.717, 1.165) is 0 Å². The van der Waals surface area contributed by atoms with E-state index >= 15 is 0 Å². The molecular weight excluding hydrogens is 498 g/mol. The highest BCUT2D eigenvalue weighted by molar-refractivity contribution is 5.83. The molecule has 0 unspecified atom stereocenters. The summed E-state index contributed by atoms with van der Waals surface area (Å²) in [5.41, 5.74) is 17.3. The summed E-state index contributed by atoms with van der Waals surface area (Å²) in [5.74, 6) is 2.38. The number of nitrogens with one attached hydrogen (secondary N) is 1. The van der Waals surface area contributed by atoms with Crippen LogP contribution in [0.1, 0.15) is 158 Å². The van der Waals surface area contributed by atoms with Crippen molar-refractivity contribution in [3.63, 3.8) is 0 Å². The van der Waals surface area contributed by atoms with Gasteiger partial charge in [-0.15, -0.1) is 0 Å². The summed E-state index contributed by atoms with van der Waals surface area (Å²) in [7, 11) is 0. The van der Waals surface area contributed by atoms with Crippen LogP contribution in [-0.2, 0) is 0 Å². The first kappa shape index (κ1) is 30.8. The van der Waals surface area contributed by atoms with Crippen LogP contribution in [0.2, 0.25) is 0 Å². The van der Waals surface area contributed by atoms with Gasteiger partial charge in [0.15, 0.2) is 0 Å². The van der Waals surface area contributed by atoms with Crippen molar-refractivity contribution < 1.29 is 0 Å². The first-order valence-electron chi connectivity index (χ1n) is 15.8. The van der Waals surface area contributed by atoms with Gasteiger partial charge < -0.3 is 0 Å². The fourth-order valence-corrected chi connectivity index (χ4v) is 6.22. The molecule has 1 aliphatic heterocycles. The van der Waals surface area contributed by atoms with Gasteiger partial charge in [-0.1, -0.05) is 138 Å². The van der Waals surface area contributed by atoms with Crippen LogP contribution in [0.25, 0.3) is 5.70 Å². The van der Waals surface area contributed by atoms with E-state index in [1.165, 1.54) is 56.0 Å². The van der Waals surface area contributed by atoms with E-state index < -0.39 is 0 Å². The molecule has 4 rings (SSSR count). The highest BCUT2D eigenvalue weighted by Crippen LogP contribution is 2.45. The van der Waals surface area contributed by atoms with Gasteiger partial charge in [-0.3, -0.25) is 5.43 Å². The normalized spacial score (nSPS) is 14.0. The van der Waals surface area contributed by atoms with Crippen LogP contribution in [-0.4, -0.2) is 0 Å². The molecule has 0 bridgehead atoms. The molecule has 0 saturated carbocycles. The average molecular weight is 552 g/mol. The molecule has 3 nitrogen and oxygen atoms in total. The largest absolute Gasteiger partial charge is 0.277 e. The van der Waals surface area contributed by atoms with E-state index in [1.807, 2.05) is 0 Å². The molecule has 0 amide bonds. The molecule has 220 valence electrons. The third-order valence-electron chi connectivity index (χ3n) is 8.46. The summed E-state index contributed by atoms with van der Waals surface area (Å²) < 4.78 is 0. The zero-order chi connectivity index (χ0) is 30.2. The van der Waals surface area contributed by atoms with Gasteiger partial charge in [-0.05, 0) is 68.9 Å². The molecule has 1 aliphatic rings. The highest BCUT2D eigenvalue weighted by atomic mass is 15.8. The lowest BCUT2D eigenvalue weighted by molar-refractivity contribution is 0.732. The standard InChI is InChI=1S/C38H53N3/c1-23(2)29-16-13-17-30(24(3)4)36(29)35-22-40(37-31(25(5)6)18-14-19-32(37)26(7)8)41(39-35)38-33(27(9)10)20-15-21-34(38)28(11)12/h13-28,39H,1-12H3. The van der Waals surface area contributed by atoms with Crippen LogP contribution in [0, 0.1) is 0 Å². The second-order valence-corrected chi connectivity index (χ2v) is 13.6. The number of rotatable bonds is 9. The SMILES string of the molecule is CC(C)c1cccc(C(C)C)c1C1=CN(c2c(C(C)C)cccc2C(C)C)N(c2c(C(C)C)cccc2C(C)C)N1. The Bertz CT molecular complexity index is 1310. The Morgan fingerprint density at radius 2 is 0.756 bits per heavy atom. The van der Waals surface area contributed by atoms with E-state index in [9.17, 15) is 0 Å². The van der Waals surface area contributed by atoms with Gasteiger partial charge in [0.1, 0.15) is 0 Å². The van der Waals surface area contributed by atoms with Gasteiger partial charge in [-0.2, -0.15) is 5.12 Å². The van der Waals surface area contributed by atoms with Crippen molar-refractivity contribution in [1.29, 1.82) is 0 Å². The Hall–Kier alpha value is -3.20. The molecule has 3 heteroatoms. The quantitative estimate of drug-likeness (QED) is 0.285. The lowest BCUT2D eigenvalue weighted by Crippen LogP contribution is -2.45. The first-order valence-corrected chi connectivity index (χ1v) is 15.8. The second-order valence-electron chi connectivity index (χ2n) is 13.6. The van der Waals surface area contributed by atoms with Crippen LogP contribution in [0.4, 0.5) is 11.4 Å². The number of hydrogen-bond donors (Lipinski definition) is 1. The van der Waals surface area contributed by atoms with Crippen molar-refractivity contribution in [2.75, 3.05) is 10.1 Å². The zero-order valence-corrected chi connectivity index (χ0v) is 27.6. The third-order valence-corrected chi connectivity index (χ3v) is 8.46. The van der Waals surface area contributed by atoms with E-state index in [-0.39, 0.29) is 0 Å². The van der Waals surface area contributed by atoms with E-state index in [0.29, 0.717) is 35.5 Å². The summed E-state index contributed by atoms with van der Waals surface area (Å²) in [6, 6.07) is 20.6. The highest BCUT2D eigenvalue weighted by Gasteiger charge is 2.34. The maximum Gasteiger partial charge on any atom is 0.0886 e. The predicted molar refractivity (Wildman–Crippen MR) is 180 cm³/mol. The van der Waals surface area contributed by atoms with Crippen molar-refractivity contribution in [3.05, 3.63) is 99.7 Å². The zero-order valence-electron chi connectivity index (χ0n) is 27.6. The van der Waals surface area contributed by atoms with E-state index in [2.05, 4.69) is 159 Å². The summed E-state index contributed by atoms with van der Waals surface area (Å²) in [6.07, 6.45) is 2.38. The fourth-order valence-electron chi connectivity index (χ4n) is 6.22. The molecule has 3 aromatic carbocycles. The third kappa shape index (κ3) is 5.92. The summed E-state index contributed by atoms with van der Waals surface area (Å²) >= 11 is 0. The van der Waals surface area contributed by atoms with Crippen molar-refractivity contribution in [2.24, 2.45) is 0 Å². The van der Waals surface area contributed by atoms with Crippen LogP contribution in [0.3, 0.4) is 0 Å².